The molecule has 0 fully saturated rings. The second-order valence-electron chi connectivity index (χ2n) is 5.39. The summed E-state index contributed by atoms with van der Waals surface area (Å²) in [7, 11) is 0. The Morgan fingerprint density at radius 2 is 1.57 bits per heavy atom. The summed E-state index contributed by atoms with van der Waals surface area (Å²) in [5.41, 5.74) is 1.02. The van der Waals surface area contributed by atoms with Crippen molar-refractivity contribution in [2.75, 3.05) is 6.61 Å². The number of hydrogen-bond donors (Lipinski definition) is 0. The van der Waals surface area contributed by atoms with E-state index in [2.05, 4.69) is 6.92 Å². The molecular formula is C19H28O2. The van der Waals surface area contributed by atoms with Gasteiger partial charge in [0.1, 0.15) is 0 Å². The topological polar surface area (TPSA) is 26.3 Å². The summed E-state index contributed by atoms with van der Waals surface area (Å²) in [6.45, 7) is 2.77. The molecule has 0 amide bonds. The minimum atomic E-state index is -0.248. The smallest absolute Gasteiger partial charge is 0.330 e. The molecule has 0 N–H and O–H groups in total. The highest BCUT2D eigenvalue weighted by Gasteiger charge is 1.97. The number of carbonyl (C=O) groups excluding carboxylic acids is 1. The van der Waals surface area contributed by atoms with Crippen LogP contribution < -0.4 is 0 Å². The minimum Gasteiger partial charge on any atom is -0.463 e. The van der Waals surface area contributed by atoms with Crippen molar-refractivity contribution < 1.29 is 9.53 Å². The quantitative estimate of drug-likeness (QED) is 0.310. The van der Waals surface area contributed by atoms with Crippen LogP contribution in [0.15, 0.2) is 36.4 Å². The van der Waals surface area contributed by atoms with Crippen LogP contribution in [-0.4, -0.2) is 12.6 Å². The lowest BCUT2D eigenvalue weighted by atomic mass is 10.1. The normalized spacial score (nSPS) is 10.9. The van der Waals surface area contributed by atoms with Crippen molar-refractivity contribution in [1.82, 2.24) is 0 Å². The number of carbonyl (C=O) groups is 1. The molecule has 0 aliphatic rings. The van der Waals surface area contributed by atoms with Gasteiger partial charge in [-0.3, -0.25) is 0 Å². The average Bonchev–Trinajstić information content (AvgIpc) is 2.52. The van der Waals surface area contributed by atoms with Crippen LogP contribution >= 0.6 is 0 Å². The second-order valence-corrected chi connectivity index (χ2v) is 5.39. The zero-order chi connectivity index (χ0) is 15.2. The molecule has 0 saturated heterocycles. The molecular weight excluding hydrogens is 260 g/mol. The Bertz CT molecular complexity index is 395. The fourth-order valence-corrected chi connectivity index (χ4v) is 2.19. The van der Waals surface area contributed by atoms with Crippen LogP contribution in [0.1, 0.15) is 63.9 Å². The number of ether oxygens (including phenoxy) is 1. The molecule has 0 spiro atoms. The first kappa shape index (κ1) is 17.5. The Balaban J connectivity index is 1.97. The van der Waals surface area contributed by atoms with Gasteiger partial charge in [0.2, 0.25) is 0 Å². The lowest BCUT2D eigenvalue weighted by molar-refractivity contribution is -0.137. The first-order valence-electron chi connectivity index (χ1n) is 8.23. The lowest BCUT2D eigenvalue weighted by Gasteiger charge is -2.02. The molecule has 0 aromatic heterocycles. The van der Waals surface area contributed by atoms with Gasteiger partial charge in [0.25, 0.3) is 0 Å². The van der Waals surface area contributed by atoms with Crippen molar-refractivity contribution in [1.29, 1.82) is 0 Å². The molecule has 2 nitrogen and oxygen atoms in total. The molecule has 1 rings (SSSR count). The number of esters is 1. The summed E-state index contributed by atoms with van der Waals surface area (Å²) in [4.78, 5) is 11.5. The summed E-state index contributed by atoms with van der Waals surface area (Å²) < 4.78 is 5.18. The minimum absolute atomic E-state index is 0.248. The molecule has 116 valence electrons. The SMILES string of the molecule is CCCCCCCCCCOC(=O)/C=C/c1ccccc1. The Morgan fingerprint density at radius 3 is 2.24 bits per heavy atom. The van der Waals surface area contributed by atoms with E-state index in [0.717, 1.165) is 18.4 Å². The van der Waals surface area contributed by atoms with Crippen molar-refractivity contribution in [3.63, 3.8) is 0 Å². The fourth-order valence-electron chi connectivity index (χ4n) is 2.19. The average molecular weight is 288 g/mol. The summed E-state index contributed by atoms with van der Waals surface area (Å²) in [6, 6.07) is 9.78. The van der Waals surface area contributed by atoms with E-state index >= 15 is 0 Å². The first-order chi connectivity index (χ1) is 10.3. The Hall–Kier alpha value is -1.57. The predicted molar refractivity (Wildman–Crippen MR) is 89.0 cm³/mol. The zero-order valence-corrected chi connectivity index (χ0v) is 13.2. The molecule has 0 bridgehead atoms. The third-order valence-corrected chi connectivity index (χ3v) is 3.45. The van der Waals surface area contributed by atoms with Gasteiger partial charge in [-0.1, -0.05) is 82.2 Å². The Morgan fingerprint density at radius 1 is 0.952 bits per heavy atom. The Kier molecular flexibility index (Phi) is 10.1. The highest BCUT2D eigenvalue weighted by Crippen LogP contribution is 2.08. The molecule has 0 radical (unpaired) electrons. The van der Waals surface area contributed by atoms with Crippen molar-refractivity contribution in [2.45, 2.75) is 58.3 Å². The van der Waals surface area contributed by atoms with Crippen LogP contribution in [-0.2, 0) is 9.53 Å². The second kappa shape index (κ2) is 12.2. The van der Waals surface area contributed by atoms with Gasteiger partial charge >= 0.3 is 5.97 Å². The van der Waals surface area contributed by atoms with E-state index in [4.69, 9.17) is 4.74 Å². The predicted octanol–water partition coefficient (Wildman–Crippen LogP) is 5.38. The third kappa shape index (κ3) is 9.89. The first-order valence-corrected chi connectivity index (χ1v) is 8.23. The number of unbranched alkanes of at least 4 members (excludes halogenated alkanes) is 7. The van der Waals surface area contributed by atoms with Crippen LogP contribution in [0, 0.1) is 0 Å². The summed E-state index contributed by atoms with van der Waals surface area (Å²) in [5.74, 6) is -0.248. The molecule has 2 heteroatoms. The molecule has 0 saturated carbocycles. The largest absolute Gasteiger partial charge is 0.463 e. The van der Waals surface area contributed by atoms with Gasteiger partial charge in [-0.25, -0.2) is 4.79 Å². The maximum Gasteiger partial charge on any atom is 0.330 e. The number of benzene rings is 1. The molecule has 1 aromatic carbocycles. The van der Waals surface area contributed by atoms with E-state index in [9.17, 15) is 4.79 Å². The monoisotopic (exact) mass is 288 g/mol. The Labute approximate surface area is 129 Å². The van der Waals surface area contributed by atoms with E-state index in [-0.39, 0.29) is 5.97 Å². The van der Waals surface area contributed by atoms with E-state index in [0.29, 0.717) is 6.61 Å². The molecule has 0 aliphatic carbocycles. The van der Waals surface area contributed by atoms with Crippen molar-refractivity contribution in [3.05, 3.63) is 42.0 Å². The fraction of sp³-hybridized carbons (Fsp3) is 0.526. The van der Waals surface area contributed by atoms with Gasteiger partial charge < -0.3 is 4.74 Å². The summed E-state index contributed by atoms with van der Waals surface area (Å²) in [6.07, 6.45) is 13.3. The zero-order valence-electron chi connectivity index (χ0n) is 13.2. The van der Waals surface area contributed by atoms with Gasteiger partial charge in [-0.05, 0) is 18.1 Å². The molecule has 1 aromatic rings. The lowest BCUT2D eigenvalue weighted by Crippen LogP contribution is -2.02. The molecule has 0 aliphatic heterocycles. The van der Waals surface area contributed by atoms with Crippen LogP contribution in [0.4, 0.5) is 0 Å². The molecule has 0 heterocycles. The van der Waals surface area contributed by atoms with E-state index in [1.807, 2.05) is 30.3 Å². The van der Waals surface area contributed by atoms with E-state index < -0.39 is 0 Å². The highest BCUT2D eigenvalue weighted by molar-refractivity contribution is 5.86. The van der Waals surface area contributed by atoms with Gasteiger partial charge in [0, 0.05) is 6.08 Å². The highest BCUT2D eigenvalue weighted by atomic mass is 16.5. The van der Waals surface area contributed by atoms with Crippen LogP contribution in [0.25, 0.3) is 6.08 Å². The van der Waals surface area contributed by atoms with Crippen molar-refractivity contribution >= 4 is 12.0 Å². The van der Waals surface area contributed by atoms with Crippen molar-refractivity contribution in [3.8, 4) is 0 Å². The van der Waals surface area contributed by atoms with Gasteiger partial charge in [0.05, 0.1) is 6.61 Å². The maximum absolute atomic E-state index is 11.5. The third-order valence-electron chi connectivity index (χ3n) is 3.45. The molecule has 0 atom stereocenters. The van der Waals surface area contributed by atoms with Crippen LogP contribution in [0.5, 0.6) is 0 Å². The maximum atomic E-state index is 11.5. The number of hydrogen-bond acceptors (Lipinski definition) is 2. The van der Waals surface area contributed by atoms with E-state index in [1.165, 1.54) is 44.6 Å². The summed E-state index contributed by atoms with van der Waals surface area (Å²) in [5, 5.41) is 0. The molecule has 0 unspecified atom stereocenters. The number of rotatable bonds is 11. The van der Waals surface area contributed by atoms with Crippen molar-refractivity contribution in [2.24, 2.45) is 0 Å². The van der Waals surface area contributed by atoms with Crippen LogP contribution in [0.3, 0.4) is 0 Å². The van der Waals surface area contributed by atoms with Gasteiger partial charge in [0.15, 0.2) is 0 Å². The standard InChI is InChI=1S/C19H28O2/c1-2-3-4-5-6-7-8-12-17-21-19(20)16-15-18-13-10-9-11-14-18/h9-11,13-16H,2-8,12,17H2,1H3/b16-15+. The summed E-state index contributed by atoms with van der Waals surface area (Å²) >= 11 is 0. The van der Waals surface area contributed by atoms with E-state index in [1.54, 1.807) is 6.08 Å². The van der Waals surface area contributed by atoms with Gasteiger partial charge in [-0.15, -0.1) is 0 Å². The molecule has 21 heavy (non-hydrogen) atoms. The van der Waals surface area contributed by atoms with Crippen LogP contribution in [0.2, 0.25) is 0 Å². The van der Waals surface area contributed by atoms with Gasteiger partial charge in [-0.2, -0.15) is 0 Å².